The summed E-state index contributed by atoms with van der Waals surface area (Å²) in [6, 6.07) is 6.26. The first-order valence-electron chi connectivity index (χ1n) is 7.19. The standard InChI is InChI=1S/C16H18ClN3O3/c1-20-10-11(9-18-20)6-7-15(21)19-14(8-16(22)23)12-4-2-3-5-13(12)17/h2-5,9-10,14H,6-8H2,1H3,(H,19,21)(H,22,23)/t14-/m1/s1. The lowest BCUT2D eigenvalue weighted by molar-refractivity contribution is -0.137. The van der Waals surface area contributed by atoms with E-state index in [2.05, 4.69) is 10.4 Å². The molecule has 2 aromatic rings. The number of nitrogens with one attached hydrogen (secondary N) is 1. The summed E-state index contributed by atoms with van der Waals surface area (Å²) in [4.78, 5) is 23.2. The van der Waals surface area contributed by atoms with Crippen LogP contribution in [-0.2, 0) is 23.1 Å². The van der Waals surface area contributed by atoms with Crippen molar-refractivity contribution in [2.24, 2.45) is 7.05 Å². The number of halogens is 1. The van der Waals surface area contributed by atoms with Crippen LogP contribution in [-0.4, -0.2) is 26.8 Å². The quantitative estimate of drug-likeness (QED) is 0.813. The smallest absolute Gasteiger partial charge is 0.305 e. The van der Waals surface area contributed by atoms with Crippen LogP contribution >= 0.6 is 11.6 Å². The second kappa shape index (κ2) is 7.78. The molecular weight excluding hydrogens is 318 g/mol. The third kappa shape index (κ3) is 5.10. The molecule has 122 valence electrons. The van der Waals surface area contributed by atoms with Crippen molar-refractivity contribution in [1.29, 1.82) is 0 Å². The maximum Gasteiger partial charge on any atom is 0.305 e. The van der Waals surface area contributed by atoms with Gasteiger partial charge in [-0.15, -0.1) is 0 Å². The Bertz CT molecular complexity index is 699. The Kier molecular flexibility index (Phi) is 5.76. The molecule has 2 N–H and O–H groups in total. The van der Waals surface area contributed by atoms with Crippen LogP contribution in [0.1, 0.15) is 30.0 Å². The van der Waals surface area contributed by atoms with E-state index >= 15 is 0 Å². The number of rotatable bonds is 7. The number of benzene rings is 1. The summed E-state index contributed by atoms with van der Waals surface area (Å²) < 4.78 is 1.67. The van der Waals surface area contributed by atoms with Gasteiger partial charge in [0.15, 0.2) is 0 Å². The fourth-order valence-corrected chi connectivity index (χ4v) is 2.56. The van der Waals surface area contributed by atoms with Crippen LogP contribution in [0.2, 0.25) is 5.02 Å². The molecule has 0 spiro atoms. The van der Waals surface area contributed by atoms with Crippen LogP contribution in [0, 0.1) is 0 Å². The van der Waals surface area contributed by atoms with E-state index in [4.69, 9.17) is 16.7 Å². The van der Waals surface area contributed by atoms with Gasteiger partial charge in [0, 0.05) is 24.7 Å². The second-order valence-corrected chi connectivity index (χ2v) is 5.67. The number of carbonyl (C=O) groups is 2. The zero-order valence-corrected chi connectivity index (χ0v) is 13.5. The fourth-order valence-electron chi connectivity index (χ4n) is 2.30. The van der Waals surface area contributed by atoms with Gasteiger partial charge in [-0.2, -0.15) is 5.10 Å². The largest absolute Gasteiger partial charge is 0.481 e. The Hall–Kier alpha value is -2.34. The van der Waals surface area contributed by atoms with Gasteiger partial charge in [0.25, 0.3) is 0 Å². The van der Waals surface area contributed by atoms with Crippen molar-refractivity contribution in [3.8, 4) is 0 Å². The Balaban J connectivity index is 2.01. The van der Waals surface area contributed by atoms with E-state index in [0.717, 1.165) is 5.56 Å². The monoisotopic (exact) mass is 335 g/mol. The van der Waals surface area contributed by atoms with Crippen LogP contribution in [0.5, 0.6) is 0 Å². The highest BCUT2D eigenvalue weighted by Gasteiger charge is 2.20. The number of aliphatic carboxylic acids is 1. The van der Waals surface area contributed by atoms with Gasteiger partial charge in [0.1, 0.15) is 0 Å². The van der Waals surface area contributed by atoms with Gasteiger partial charge in [0.05, 0.1) is 18.7 Å². The molecule has 0 saturated carbocycles. The van der Waals surface area contributed by atoms with E-state index in [9.17, 15) is 9.59 Å². The Morgan fingerprint density at radius 3 is 2.74 bits per heavy atom. The predicted molar refractivity (Wildman–Crippen MR) is 86.1 cm³/mol. The number of hydrogen-bond donors (Lipinski definition) is 2. The average Bonchev–Trinajstić information content (AvgIpc) is 2.90. The van der Waals surface area contributed by atoms with Crippen LogP contribution in [0.15, 0.2) is 36.7 Å². The van der Waals surface area contributed by atoms with E-state index in [-0.39, 0.29) is 18.7 Å². The highest BCUT2D eigenvalue weighted by atomic mass is 35.5. The van der Waals surface area contributed by atoms with Crippen LogP contribution in [0.4, 0.5) is 0 Å². The minimum absolute atomic E-state index is 0.220. The Morgan fingerprint density at radius 1 is 1.39 bits per heavy atom. The molecule has 1 atom stereocenters. The first-order chi connectivity index (χ1) is 11.0. The zero-order valence-electron chi connectivity index (χ0n) is 12.7. The van der Waals surface area contributed by atoms with E-state index in [1.807, 2.05) is 13.2 Å². The minimum Gasteiger partial charge on any atom is -0.481 e. The molecule has 0 aliphatic heterocycles. The molecule has 0 aliphatic carbocycles. The number of carbonyl (C=O) groups excluding carboxylic acids is 1. The molecule has 23 heavy (non-hydrogen) atoms. The number of hydrogen-bond acceptors (Lipinski definition) is 3. The molecule has 0 saturated heterocycles. The molecule has 1 aromatic heterocycles. The maximum atomic E-state index is 12.1. The van der Waals surface area contributed by atoms with Crippen LogP contribution in [0.3, 0.4) is 0 Å². The maximum absolute atomic E-state index is 12.1. The molecule has 1 amide bonds. The summed E-state index contributed by atoms with van der Waals surface area (Å²) in [6.45, 7) is 0. The molecule has 2 rings (SSSR count). The minimum atomic E-state index is -0.998. The lowest BCUT2D eigenvalue weighted by Gasteiger charge is -2.18. The van der Waals surface area contributed by atoms with E-state index in [1.165, 1.54) is 0 Å². The number of nitrogens with zero attached hydrogens (tertiary/aromatic N) is 2. The van der Waals surface area contributed by atoms with Crippen molar-refractivity contribution in [2.45, 2.75) is 25.3 Å². The van der Waals surface area contributed by atoms with Gasteiger partial charge in [-0.3, -0.25) is 14.3 Å². The third-order valence-electron chi connectivity index (χ3n) is 3.39. The second-order valence-electron chi connectivity index (χ2n) is 5.26. The van der Waals surface area contributed by atoms with Crippen LogP contribution < -0.4 is 5.32 Å². The normalized spacial score (nSPS) is 11.9. The highest BCUT2D eigenvalue weighted by molar-refractivity contribution is 6.31. The number of aryl methyl sites for hydroxylation is 2. The lowest BCUT2D eigenvalue weighted by atomic mass is 10.0. The Morgan fingerprint density at radius 2 is 2.13 bits per heavy atom. The van der Waals surface area contributed by atoms with Gasteiger partial charge in [-0.05, 0) is 23.6 Å². The van der Waals surface area contributed by atoms with Crippen molar-refractivity contribution in [3.05, 3.63) is 52.8 Å². The van der Waals surface area contributed by atoms with Gasteiger partial charge in [0.2, 0.25) is 5.91 Å². The number of carboxylic acid groups (broad SMARTS) is 1. The molecule has 7 heteroatoms. The van der Waals surface area contributed by atoms with E-state index < -0.39 is 12.0 Å². The molecule has 6 nitrogen and oxygen atoms in total. The average molecular weight is 336 g/mol. The molecule has 0 radical (unpaired) electrons. The number of amides is 1. The highest BCUT2D eigenvalue weighted by Crippen LogP contribution is 2.25. The van der Waals surface area contributed by atoms with Crippen LogP contribution in [0.25, 0.3) is 0 Å². The van der Waals surface area contributed by atoms with Gasteiger partial charge in [-0.25, -0.2) is 0 Å². The molecule has 0 unspecified atom stereocenters. The van der Waals surface area contributed by atoms with Crippen molar-refractivity contribution in [2.75, 3.05) is 0 Å². The zero-order chi connectivity index (χ0) is 16.8. The molecule has 0 fully saturated rings. The fraction of sp³-hybridized carbons (Fsp3) is 0.312. The molecule has 0 aliphatic rings. The van der Waals surface area contributed by atoms with E-state index in [1.54, 1.807) is 35.1 Å². The molecule has 0 bridgehead atoms. The van der Waals surface area contributed by atoms with E-state index in [0.29, 0.717) is 17.0 Å². The molecule has 1 aromatic carbocycles. The summed E-state index contributed by atoms with van der Waals surface area (Å²) in [6.07, 6.45) is 4.13. The Labute approximate surface area is 139 Å². The van der Waals surface area contributed by atoms with Gasteiger partial charge in [-0.1, -0.05) is 29.8 Å². The molecular formula is C16H18ClN3O3. The van der Waals surface area contributed by atoms with Crippen molar-refractivity contribution < 1.29 is 14.7 Å². The summed E-state index contributed by atoms with van der Waals surface area (Å²) >= 11 is 6.11. The SMILES string of the molecule is Cn1cc(CCC(=O)N[C@H](CC(=O)O)c2ccccc2Cl)cn1. The number of aromatic nitrogens is 2. The van der Waals surface area contributed by atoms with Crippen molar-refractivity contribution in [1.82, 2.24) is 15.1 Å². The summed E-state index contributed by atoms with van der Waals surface area (Å²) in [5.41, 5.74) is 1.56. The summed E-state index contributed by atoms with van der Waals surface area (Å²) in [5, 5.41) is 16.3. The van der Waals surface area contributed by atoms with Gasteiger partial charge < -0.3 is 10.4 Å². The topological polar surface area (TPSA) is 84.2 Å². The van der Waals surface area contributed by atoms with Crippen molar-refractivity contribution >= 4 is 23.5 Å². The predicted octanol–water partition coefficient (Wildman–Crippen LogP) is 2.34. The summed E-state index contributed by atoms with van der Waals surface area (Å²) in [5.74, 6) is -1.22. The summed E-state index contributed by atoms with van der Waals surface area (Å²) in [7, 11) is 1.81. The lowest BCUT2D eigenvalue weighted by Crippen LogP contribution is -2.30. The first kappa shape index (κ1) is 17.0. The van der Waals surface area contributed by atoms with Crippen molar-refractivity contribution in [3.63, 3.8) is 0 Å². The molecule has 1 heterocycles. The third-order valence-corrected chi connectivity index (χ3v) is 3.74. The van der Waals surface area contributed by atoms with Gasteiger partial charge >= 0.3 is 5.97 Å². The number of carboxylic acids is 1. The first-order valence-corrected chi connectivity index (χ1v) is 7.56.